The van der Waals surface area contributed by atoms with Crippen molar-refractivity contribution in [3.05, 3.63) is 0 Å². The minimum Gasteiger partial charge on any atom is -0.381 e. The molecular weight excluding hydrogens is 368 g/mol. The van der Waals surface area contributed by atoms with Crippen LogP contribution in [0.5, 0.6) is 0 Å². The summed E-state index contributed by atoms with van der Waals surface area (Å²) in [4.78, 5) is 23.8. The van der Waals surface area contributed by atoms with Crippen LogP contribution in [0.15, 0.2) is 4.99 Å². The van der Waals surface area contributed by atoms with Gasteiger partial charge in [-0.2, -0.15) is 0 Å². The van der Waals surface area contributed by atoms with Gasteiger partial charge in [0.2, 0.25) is 5.91 Å². The average molecular weight is 409 g/mol. The van der Waals surface area contributed by atoms with E-state index in [2.05, 4.69) is 30.3 Å². The Morgan fingerprint density at radius 2 is 1.72 bits per heavy atom. The predicted octanol–water partition coefficient (Wildman–Crippen LogP) is 0.349. The number of ether oxygens (including phenoxy) is 1. The van der Waals surface area contributed by atoms with Gasteiger partial charge in [0.15, 0.2) is 5.96 Å². The molecule has 0 aromatic heterocycles. The molecule has 0 atom stereocenters. The molecule has 29 heavy (non-hydrogen) atoms. The Labute approximate surface area is 176 Å². The van der Waals surface area contributed by atoms with Gasteiger partial charge in [-0.05, 0) is 52.6 Å². The average Bonchev–Trinajstić information content (AvgIpc) is 3.25. The van der Waals surface area contributed by atoms with Gasteiger partial charge in [-0.25, -0.2) is 0 Å². The van der Waals surface area contributed by atoms with Crippen molar-refractivity contribution >= 4 is 11.9 Å². The van der Waals surface area contributed by atoms with Crippen LogP contribution in [0.3, 0.4) is 0 Å². The number of carbonyl (C=O) groups is 1. The first-order chi connectivity index (χ1) is 14.0. The summed E-state index contributed by atoms with van der Waals surface area (Å²) in [7, 11) is 1.87. The summed E-state index contributed by atoms with van der Waals surface area (Å²) >= 11 is 0. The van der Waals surface area contributed by atoms with Crippen molar-refractivity contribution in [2.24, 2.45) is 4.99 Å². The van der Waals surface area contributed by atoms with Gasteiger partial charge in [-0.1, -0.05) is 0 Å². The molecule has 3 fully saturated rings. The van der Waals surface area contributed by atoms with Crippen molar-refractivity contribution in [1.29, 1.82) is 0 Å². The maximum atomic E-state index is 12.0. The van der Waals surface area contributed by atoms with Crippen molar-refractivity contribution < 1.29 is 9.53 Å². The molecule has 3 saturated heterocycles. The highest BCUT2D eigenvalue weighted by Crippen LogP contribution is 2.30. The maximum absolute atomic E-state index is 12.0. The van der Waals surface area contributed by atoms with Crippen molar-refractivity contribution in [2.45, 2.75) is 51.1 Å². The second kappa shape index (κ2) is 10.6. The number of rotatable bonds is 6. The highest BCUT2D eigenvalue weighted by Gasteiger charge is 2.40. The molecule has 3 heterocycles. The molecule has 3 rings (SSSR count). The zero-order valence-electron chi connectivity index (χ0n) is 18.6. The molecule has 3 aliphatic heterocycles. The van der Waals surface area contributed by atoms with Crippen LogP contribution in [0.1, 0.15) is 39.5 Å². The van der Waals surface area contributed by atoms with Crippen LogP contribution in [0.2, 0.25) is 0 Å². The summed E-state index contributed by atoms with van der Waals surface area (Å²) in [6.07, 6.45) is 4.80. The second-order valence-corrected chi connectivity index (χ2v) is 8.92. The largest absolute Gasteiger partial charge is 0.381 e. The fourth-order valence-electron chi connectivity index (χ4n) is 4.81. The maximum Gasteiger partial charge on any atom is 0.234 e. The summed E-state index contributed by atoms with van der Waals surface area (Å²) in [5.41, 5.74) is 0.196. The fraction of sp³-hybridized carbons (Fsp3) is 0.905. The van der Waals surface area contributed by atoms with Gasteiger partial charge in [0.1, 0.15) is 0 Å². The van der Waals surface area contributed by atoms with E-state index >= 15 is 0 Å². The molecule has 0 aromatic carbocycles. The summed E-state index contributed by atoms with van der Waals surface area (Å²) in [6, 6.07) is 0.194. The predicted molar refractivity (Wildman–Crippen MR) is 116 cm³/mol. The SMILES string of the molecule is CN=C(NCC1(N2CCCC2)CCOCC1)N1CCN(CC(=O)NC(C)C)CC1. The van der Waals surface area contributed by atoms with E-state index in [0.29, 0.717) is 6.54 Å². The summed E-state index contributed by atoms with van der Waals surface area (Å²) in [5, 5.41) is 6.67. The molecule has 8 nitrogen and oxygen atoms in total. The lowest BCUT2D eigenvalue weighted by Gasteiger charge is -2.45. The van der Waals surface area contributed by atoms with Crippen LogP contribution >= 0.6 is 0 Å². The van der Waals surface area contributed by atoms with Gasteiger partial charge in [0.25, 0.3) is 0 Å². The number of piperazine rings is 1. The van der Waals surface area contributed by atoms with Gasteiger partial charge in [-0.15, -0.1) is 0 Å². The Kier molecular flexibility index (Phi) is 8.15. The first-order valence-corrected chi connectivity index (χ1v) is 11.3. The fourth-order valence-corrected chi connectivity index (χ4v) is 4.81. The number of hydrogen-bond donors (Lipinski definition) is 2. The lowest BCUT2D eigenvalue weighted by Crippen LogP contribution is -2.60. The lowest BCUT2D eigenvalue weighted by molar-refractivity contribution is -0.123. The molecule has 0 spiro atoms. The van der Waals surface area contributed by atoms with Gasteiger partial charge in [0, 0.05) is 64.6 Å². The van der Waals surface area contributed by atoms with Crippen LogP contribution in [0, 0.1) is 0 Å². The molecule has 0 aliphatic carbocycles. The number of nitrogens with one attached hydrogen (secondary N) is 2. The number of hydrogen-bond acceptors (Lipinski definition) is 5. The molecule has 0 unspecified atom stereocenters. The zero-order valence-corrected chi connectivity index (χ0v) is 18.6. The molecule has 2 N–H and O–H groups in total. The van der Waals surface area contributed by atoms with Crippen molar-refractivity contribution in [2.75, 3.05) is 72.6 Å². The summed E-state index contributed by atoms with van der Waals surface area (Å²) in [5.74, 6) is 1.10. The first kappa shape index (κ1) is 22.3. The van der Waals surface area contributed by atoms with E-state index in [1.807, 2.05) is 20.9 Å². The van der Waals surface area contributed by atoms with E-state index in [1.165, 1.54) is 25.9 Å². The Morgan fingerprint density at radius 3 is 2.31 bits per heavy atom. The number of aliphatic imine (C=N–C) groups is 1. The van der Waals surface area contributed by atoms with Crippen LogP contribution in [-0.2, 0) is 9.53 Å². The number of likely N-dealkylation sites (tertiary alicyclic amines) is 1. The number of amides is 1. The lowest BCUT2D eigenvalue weighted by atomic mass is 9.88. The summed E-state index contributed by atoms with van der Waals surface area (Å²) < 4.78 is 5.67. The van der Waals surface area contributed by atoms with Crippen molar-refractivity contribution in [3.8, 4) is 0 Å². The third kappa shape index (κ3) is 6.06. The molecule has 166 valence electrons. The third-order valence-electron chi connectivity index (χ3n) is 6.48. The van der Waals surface area contributed by atoms with E-state index in [-0.39, 0.29) is 17.5 Å². The van der Waals surface area contributed by atoms with Gasteiger partial charge in [0.05, 0.1) is 6.54 Å². The summed E-state index contributed by atoms with van der Waals surface area (Å²) in [6.45, 7) is 13.1. The van der Waals surface area contributed by atoms with Crippen LogP contribution in [0.4, 0.5) is 0 Å². The Hall–Kier alpha value is -1.38. The smallest absolute Gasteiger partial charge is 0.234 e. The normalized spacial score (nSPS) is 24.1. The Bertz CT molecular complexity index is 547. The topological polar surface area (TPSA) is 72.4 Å². The molecule has 0 radical (unpaired) electrons. The standard InChI is InChI=1S/C21H40N6O2/c1-18(2)24-19(28)16-25-10-12-26(13-11-25)20(22-3)23-17-21(6-14-29-15-7-21)27-8-4-5-9-27/h18H,4-17H2,1-3H3,(H,22,23)(H,24,28). The minimum absolute atomic E-state index is 0.114. The zero-order chi connectivity index (χ0) is 20.7. The number of guanidine groups is 1. The third-order valence-corrected chi connectivity index (χ3v) is 6.48. The molecule has 1 amide bonds. The van der Waals surface area contributed by atoms with Gasteiger partial charge >= 0.3 is 0 Å². The first-order valence-electron chi connectivity index (χ1n) is 11.3. The molecule has 3 aliphatic rings. The van der Waals surface area contributed by atoms with Gasteiger partial charge in [-0.3, -0.25) is 19.6 Å². The monoisotopic (exact) mass is 408 g/mol. The highest BCUT2D eigenvalue weighted by atomic mass is 16.5. The van der Waals surface area contributed by atoms with E-state index in [9.17, 15) is 4.79 Å². The molecule has 0 saturated carbocycles. The second-order valence-electron chi connectivity index (χ2n) is 8.92. The van der Waals surface area contributed by atoms with E-state index in [1.54, 1.807) is 0 Å². The Balaban J connectivity index is 1.49. The number of nitrogens with zero attached hydrogens (tertiary/aromatic N) is 4. The van der Waals surface area contributed by atoms with Crippen LogP contribution in [-0.4, -0.2) is 111 Å². The van der Waals surface area contributed by atoms with E-state index < -0.39 is 0 Å². The van der Waals surface area contributed by atoms with Crippen molar-refractivity contribution in [1.82, 2.24) is 25.3 Å². The van der Waals surface area contributed by atoms with Crippen LogP contribution in [0.25, 0.3) is 0 Å². The van der Waals surface area contributed by atoms with Crippen molar-refractivity contribution in [3.63, 3.8) is 0 Å². The Morgan fingerprint density at radius 1 is 1.07 bits per heavy atom. The minimum atomic E-state index is 0.114. The molecule has 0 aromatic rings. The molecule has 8 heteroatoms. The van der Waals surface area contributed by atoms with E-state index in [4.69, 9.17) is 4.74 Å². The number of carbonyl (C=O) groups excluding carboxylic acids is 1. The molecule has 0 bridgehead atoms. The quantitative estimate of drug-likeness (QED) is 0.488. The molecular formula is C21H40N6O2. The van der Waals surface area contributed by atoms with Crippen LogP contribution < -0.4 is 10.6 Å². The van der Waals surface area contributed by atoms with E-state index in [0.717, 1.165) is 64.7 Å². The highest BCUT2D eigenvalue weighted by molar-refractivity contribution is 5.80. The van der Waals surface area contributed by atoms with Gasteiger partial charge < -0.3 is 20.3 Å².